The number of carbonyl (C=O) groups excluding carboxylic acids is 1. The molecule has 122 valence electrons. The zero-order valence-electron chi connectivity index (χ0n) is 14.2. The van der Waals surface area contributed by atoms with Gasteiger partial charge in [0.2, 0.25) is 0 Å². The molecule has 0 spiro atoms. The van der Waals surface area contributed by atoms with Gasteiger partial charge in [-0.15, -0.1) is 0 Å². The van der Waals surface area contributed by atoms with E-state index in [1.807, 2.05) is 76.2 Å². The van der Waals surface area contributed by atoms with Crippen molar-refractivity contribution in [3.63, 3.8) is 0 Å². The highest BCUT2D eigenvalue weighted by Crippen LogP contribution is 2.42. The first kappa shape index (κ1) is 17.1. The number of ketones is 1. The molecule has 2 atom stereocenters. The van der Waals surface area contributed by atoms with Crippen molar-refractivity contribution in [2.24, 2.45) is 0 Å². The molecule has 0 radical (unpaired) electrons. The summed E-state index contributed by atoms with van der Waals surface area (Å²) >= 11 is 0. The molecule has 2 aliphatic heterocycles. The summed E-state index contributed by atoms with van der Waals surface area (Å²) in [6, 6.07) is 15.1. The molecular formula is C20H24O3. The molecule has 0 fully saturated rings. The Kier molecular flexibility index (Phi) is 5.80. The lowest BCUT2D eigenvalue weighted by Gasteiger charge is -2.36. The van der Waals surface area contributed by atoms with Crippen LogP contribution < -0.4 is 9.47 Å². The second-order valence-corrected chi connectivity index (χ2v) is 4.84. The van der Waals surface area contributed by atoms with E-state index in [9.17, 15) is 4.79 Å². The van der Waals surface area contributed by atoms with Gasteiger partial charge in [-0.25, -0.2) is 0 Å². The van der Waals surface area contributed by atoms with Gasteiger partial charge >= 0.3 is 0 Å². The number of rotatable bonds is 0. The highest BCUT2D eigenvalue weighted by atomic mass is 16.5. The summed E-state index contributed by atoms with van der Waals surface area (Å²) in [5.41, 5.74) is 1.60. The van der Waals surface area contributed by atoms with Crippen LogP contribution in [-0.4, -0.2) is 18.5 Å². The summed E-state index contributed by atoms with van der Waals surface area (Å²) in [7, 11) is 0. The third-order valence-electron chi connectivity index (χ3n) is 3.74. The topological polar surface area (TPSA) is 35.5 Å². The fourth-order valence-corrected chi connectivity index (χ4v) is 2.85. The van der Waals surface area contributed by atoms with E-state index in [1.165, 1.54) is 0 Å². The predicted molar refractivity (Wildman–Crippen MR) is 92.6 cm³/mol. The molecule has 4 rings (SSSR count). The van der Waals surface area contributed by atoms with E-state index >= 15 is 0 Å². The second-order valence-electron chi connectivity index (χ2n) is 4.84. The molecule has 0 bridgehead atoms. The van der Waals surface area contributed by atoms with Crippen LogP contribution in [0.3, 0.4) is 0 Å². The molecule has 23 heavy (non-hydrogen) atoms. The van der Waals surface area contributed by atoms with Crippen LogP contribution in [0.2, 0.25) is 0 Å². The Morgan fingerprint density at radius 2 is 1.48 bits per heavy atom. The van der Waals surface area contributed by atoms with Crippen molar-refractivity contribution in [3.05, 3.63) is 59.7 Å². The minimum Gasteiger partial charge on any atom is -0.489 e. The van der Waals surface area contributed by atoms with Crippen molar-refractivity contribution in [3.8, 4) is 11.5 Å². The van der Waals surface area contributed by atoms with Crippen molar-refractivity contribution < 1.29 is 14.3 Å². The molecule has 2 unspecified atom stereocenters. The first-order chi connectivity index (χ1) is 11.3. The normalized spacial score (nSPS) is 19.9. The maximum atomic E-state index is 12.7. The number of hydrogen-bond donors (Lipinski definition) is 0. The van der Waals surface area contributed by atoms with Gasteiger partial charge in [-0.3, -0.25) is 4.79 Å². The smallest absolute Gasteiger partial charge is 0.178 e. The van der Waals surface area contributed by atoms with E-state index in [0.717, 1.165) is 11.3 Å². The summed E-state index contributed by atoms with van der Waals surface area (Å²) < 4.78 is 11.6. The Morgan fingerprint density at radius 3 is 2.22 bits per heavy atom. The van der Waals surface area contributed by atoms with Gasteiger partial charge in [0.1, 0.15) is 24.2 Å². The van der Waals surface area contributed by atoms with E-state index in [1.54, 1.807) is 0 Å². The average Bonchev–Trinajstić information content (AvgIpc) is 2.65. The molecule has 2 aromatic rings. The zero-order valence-corrected chi connectivity index (χ0v) is 14.2. The van der Waals surface area contributed by atoms with E-state index in [4.69, 9.17) is 9.47 Å². The molecule has 0 amide bonds. The highest BCUT2D eigenvalue weighted by Gasteiger charge is 2.42. The summed E-state index contributed by atoms with van der Waals surface area (Å²) in [4.78, 5) is 12.7. The number of ether oxygens (including phenoxy) is 2. The lowest BCUT2D eigenvalue weighted by Crippen LogP contribution is -2.42. The van der Waals surface area contributed by atoms with Gasteiger partial charge in [-0.2, -0.15) is 0 Å². The van der Waals surface area contributed by atoms with Crippen LogP contribution >= 0.6 is 0 Å². The van der Waals surface area contributed by atoms with Gasteiger partial charge in [0, 0.05) is 5.56 Å². The monoisotopic (exact) mass is 312 g/mol. The molecular weight excluding hydrogens is 288 g/mol. The molecule has 0 saturated heterocycles. The van der Waals surface area contributed by atoms with Crippen LogP contribution in [0.25, 0.3) is 0 Å². The molecule has 0 aromatic heterocycles. The Morgan fingerprint density at radius 1 is 0.870 bits per heavy atom. The number of para-hydroxylation sites is 2. The van der Waals surface area contributed by atoms with Gasteiger partial charge in [0.15, 0.2) is 5.78 Å². The first-order valence-electron chi connectivity index (χ1n) is 8.36. The first-order valence-corrected chi connectivity index (χ1v) is 8.36. The summed E-state index contributed by atoms with van der Waals surface area (Å²) in [5, 5.41) is 0. The largest absolute Gasteiger partial charge is 0.489 e. The Bertz CT molecular complexity index is 663. The van der Waals surface area contributed by atoms with Crippen LogP contribution in [0, 0.1) is 0 Å². The summed E-state index contributed by atoms with van der Waals surface area (Å²) in [5.74, 6) is 1.33. The van der Waals surface area contributed by atoms with Crippen molar-refractivity contribution in [1.82, 2.24) is 0 Å². The third kappa shape index (κ3) is 3.09. The van der Waals surface area contributed by atoms with Gasteiger partial charge in [0.05, 0.1) is 11.5 Å². The van der Waals surface area contributed by atoms with Gasteiger partial charge in [-0.1, -0.05) is 58.0 Å². The minimum absolute atomic E-state index is 0.127. The highest BCUT2D eigenvalue weighted by molar-refractivity contribution is 6.05. The maximum Gasteiger partial charge on any atom is 0.178 e. The lowest BCUT2D eigenvalue weighted by atomic mass is 9.82. The SMILES string of the molecule is CC.CC.O=C1c2ccccc2OC2COc3ccccc3C12. The summed E-state index contributed by atoms with van der Waals surface area (Å²) in [6.45, 7) is 8.42. The number of benzene rings is 2. The maximum absolute atomic E-state index is 12.7. The average molecular weight is 312 g/mol. The molecule has 0 N–H and O–H groups in total. The number of Topliss-reactive ketones (excluding diaryl/α,β-unsaturated/α-hetero) is 1. The van der Waals surface area contributed by atoms with Crippen LogP contribution in [0.4, 0.5) is 0 Å². The van der Waals surface area contributed by atoms with Gasteiger partial charge < -0.3 is 9.47 Å². The van der Waals surface area contributed by atoms with Crippen molar-refractivity contribution in [2.75, 3.05) is 6.61 Å². The van der Waals surface area contributed by atoms with Gasteiger partial charge in [-0.05, 0) is 18.2 Å². The third-order valence-corrected chi connectivity index (χ3v) is 3.74. The molecule has 3 nitrogen and oxygen atoms in total. The Hall–Kier alpha value is -2.29. The minimum atomic E-state index is -0.250. The fourth-order valence-electron chi connectivity index (χ4n) is 2.85. The molecule has 2 heterocycles. The lowest BCUT2D eigenvalue weighted by molar-refractivity contribution is 0.0561. The van der Waals surface area contributed by atoms with Crippen molar-refractivity contribution >= 4 is 5.78 Å². The van der Waals surface area contributed by atoms with E-state index < -0.39 is 0 Å². The van der Waals surface area contributed by atoms with E-state index in [2.05, 4.69) is 0 Å². The van der Waals surface area contributed by atoms with E-state index in [0.29, 0.717) is 17.9 Å². The van der Waals surface area contributed by atoms with Crippen molar-refractivity contribution in [1.29, 1.82) is 0 Å². The van der Waals surface area contributed by atoms with Gasteiger partial charge in [0.25, 0.3) is 0 Å². The molecule has 3 heteroatoms. The quantitative estimate of drug-likeness (QED) is 0.697. The standard InChI is InChI=1S/C16H12O3.2C2H6/c17-16-11-6-2-4-8-13(11)19-14-9-18-12-7-3-1-5-10(12)15(14)16;2*1-2/h1-8,14-15H,9H2;2*1-2H3. The molecule has 2 aromatic carbocycles. The fraction of sp³-hybridized carbons (Fsp3) is 0.350. The predicted octanol–water partition coefficient (Wildman–Crippen LogP) is 4.86. The molecule has 2 aliphatic rings. The zero-order chi connectivity index (χ0) is 16.8. The number of carbonyl (C=O) groups is 1. The van der Waals surface area contributed by atoms with Crippen LogP contribution in [-0.2, 0) is 0 Å². The second kappa shape index (κ2) is 7.82. The number of fused-ring (bicyclic) bond motifs is 4. The Balaban J connectivity index is 0.000000448. The van der Waals surface area contributed by atoms with Crippen LogP contribution in [0.15, 0.2) is 48.5 Å². The molecule has 0 saturated carbocycles. The Labute approximate surface area is 138 Å². The van der Waals surface area contributed by atoms with Crippen LogP contribution in [0.5, 0.6) is 11.5 Å². The van der Waals surface area contributed by atoms with Crippen LogP contribution in [0.1, 0.15) is 49.5 Å². The van der Waals surface area contributed by atoms with Crippen molar-refractivity contribution in [2.45, 2.75) is 39.7 Å². The van der Waals surface area contributed by atoms with E-state index in [-0.39, 0.29) is 17.8 Å². The summed E-state index contributed by atoms with van der Waals surface area (Å²) in [6.07, 6.45) is -0.225. The molecule has 0 aliphatic carbocycles. The number of hydrogen-bond acceptors (Lipinski definition) is 3.